The van der Waals surface area contributed by atoms with E-state index in [1.54, 1.807) is 18.2 Å². The number of hydrogen-bond donors (Lipinski definition) is 2. The highest BCUT2D eigenvalue weighted by Crippen LogP contribution is 2.33. The van der Waals surface area contributed by atoms with Gasteiger partial charge < -0.3 is 15.2 Å². The van der Waals surface area contributed by atoms with Crippen LogP contribution in [0.5, 0.6) is 0 Å². The molecule has 0 saturated carbocycles. The monoisotopic (exact) mass is 443 g/mol. The van der Waals surface area contributed by atoms with Crippen LogP contribution in [-0.4, -0.2) is 16.0 Å². The fourth-order valence-electron chi connectivity index (χ4n) is 3.95. The van der Waals surface area contributed by atoms with Crippen LogP contribution in [-0.2, 0) is 11.3 Å². The molecule has 2 heterocycles. The highest BCUT2D eigenvalue weighted by molar-refractivity contribution is 8.05. The van der Waals surface area contributed by atoms with Crippen molar-refractivity contribution in [2.45, 2.75) is 19.0 Å². The zero-order valence-electron chi connectivity index (χ0n) is 17.5. The lowest BCUT2D eigenvalue weighted by molar-refractivity contribution is -0.116. The van der Waals surface area contributed by atoms with Crippen molar-refractivity contribution in [1.29, 1.82) is 0 Å². The summed E-state index contributed by atoms with van der Waals surface area (Å²) < 4.78 is 16.2. The zero-order valence-corrected chi connectivity index (χ0v) is 18.3. The van der Waals surface area contributed by atoms with Gasteiger partial charge in [0.2, 0.25) is 0 Å². The molecule has 4 nitrogen and oxygen atoms in total. The van der Waals surface area contributed by atoms with Crippen molar-refractivity contribution in [3.8, 4) is 0 Å². The molecule has 1 atom stereocenters. The van der Waals surface area contributed by atoms with Crippen LogP contribution in [0.2, 0.25) is 0 Å². The smallest absolute Gasteiger partial charge is 0.260 e. The van der Waals surface area contributed by atoms with Gasteiger partial charge in [-0.1, -0.05) is 71.9 Å². The number of aromatic nitrogens is 1. The van der Waals surface area contributed by atoms with Crippen LogP contribution in [0.1, 0.15) is 16.7 Å². The lowest BCUT2D eigenvalue weighted by atomic mass is 10.1. The van der Waals surface area contributed by atoms with Gasteiger partial charge in [-0.15, -0.1) is 0 Å². The van der Waals surface area contributed by atoms with E-state index in [0.717, 1.165) is 23.0 Å². The van der Waals surface area contributed by atoms with Crippen molar-refractivity contribution in [2.75, 3.05) is 5.32 Å². The summed E-state index contributed by atoms with van der Waals surface area (Å²) in [4.78, 5) is 13.2. The van der Waals surface area contributed by atoms with Gasteiger partial charge in [-0.3, -0.25) is 4.79 Å². The van der Waals surface area contributed by atoms with E-state index in [4.69, 9.17) is 0 Å². The Morgan fingerprint density at radius 1 is 1.09 bits per heavy atom. The number of anilines is 1. The number of hydrogen-bond acceptors (Lipinski definition) is 3. The van der Waals surface area contributed by atoms with Crippen molar-refractivity contribution < 1.29 is 9.18 Å². The number of nitrogens with one attached hydrogen (secondary N) is 2. The molecule has 4 aromatic rings. The van der Waals surface area contributed by atoms with Gasteiger partial charge in [-0.2, -0.15) is 0 Å². The van der Waals surface area contributed by atoms with E-state index < -0.39 is 5.50 Å². The number of thioether (sulfide) groups is 1. The average Bonchev–Trinajstić information content (AvgIpc) is 3.30. The molecule has 32 heavy (non-hydrogen) atoms. The molecule has 1 aliphatic heterocycles. The molecule has 6 heteroatoms. The fourth-order valence-corrected chi connectivity index (χ4v) is 4.92. The van der Waals surface area contributed by atoms with E-state index in [0.29, 0.717) is 10.6 Å². The molecule has 2 N–H and O–H groups in total. The number of nitrogens with zero attached hydrogens (tertiary/aromatic N) is 1. The van der Waals surface area contributed by atoms with E-state index in [1.807, 2.05) is 18.2 Å². The Morgan fingerprint density at radius 2 is 1.91 bits per heavy atom. The summed E-state index contributed by atoms with van der Waals surface area (Å²) in [6.07, 6.45) is 4.00. The second-order valence-electron chi connectivity index (χ2n) is 7.82. The number of amides is 1. The first-order valence-corrected chi connectivity index (χ1v) is 11.3. The highest BCUT2D eigenvalue weighted by Gasteiger charge is 2.28. The molecule has 0 spiro atoms. The van der Waals surface area contributed by atoms with E-state index in [-0.39, 0.29) is 11.7 Å². The molecule has 0 bridgehead atoms. The fraction of sp³-hybridized carbons (Fsp3) is 0.115. The Kier molecular flexibility index (Phi) is 5.45. The van der Waals surface area contributed by atoms with Gasteiger partial charge in [0.1, 0.15) is 5.82 Å². The quantitative estimate of drug-likeness (QED) is 0.387. The van der Waals surface area contributed by atoms with Crippen molar-refractivity contribution in [3.05, 3.63) is 106 Å². The Balaban J connectivity index is 1.43. The average molecular weight is 444 g/mol. The first-order valence-electron chi connectivity index (χ1n) is 10.4. The van der Waals surface area contributed by atoms with E-state index >= 15 is 0 Å². The molecule has 1 unspecified atom stereocenters. The third-order valence-corrected chi connectivity index (χ3v) is 6.46. The van der Waals surface area contributed by atoms with Gasteiger partial charge in [-0.25, -0.2) is 4.39 Å². The van der Waals surface area contributed by atoms with Crippen LogP contribution in [0.15, 0.2) is 83.9 Å². The molecule has 1 fully saturated rings. The Bertz CT molecular complexity index is 1340. The SMILES string of the molecule is Cc1cccc(Cn2cc(/C=C3\SC(Nc4ccccc4F)NC3=O)c3ccccc32)c1. The molecular weight excluding hydrogens is 421 g/mol. The summed E-state index contributed by atoms with van der Waals surface area (Å²) in [7, 11) is 0. The van der Waals surface area contributed by atoms with Gasteiger partial charge in [0.15, 0.2) is 5.50 Å². The largest absolute Gasteiger partial charge is 0.354 e. The number of rotatable bonds is 5. The number of carbonyl (C=O) groups excluding carboxylic acids is 1. The van der Waals surface area contributed by atoms with E-state index in [2.05, 4.69) is 64.7 Å². The van der Waals surface area contributed by atoms with Gasteiger partial charge in [0, 0.05) is 29.2 Å². The van der Waals surface area contributed by atoms with Gasteiger partial charge in [-0.05, 0) is 36.8 Å². The third-order valence-electron chi connectivity index (χ3n) is 5.43. The molecule has 1 aliphatic rings. The third kappa shape index (κ3) is 4.14. The van der Waals surface area contributed by atoms with Gasteiger partial charge in [0.05, 0.1) is 10.6 Å². The van der Waals surface area contributed by atoms with Crippen LogP contribution in [0, 0.1) is 12.7 Å². The number of halogens is 1. The number of benzene rings is 3. The molecule has 1 aromatic heterocycles. The number of fused-ring (bicyclic) bond motifs is 1. The maximum absolute atomic E-state index is 14.0. The van der Waals surface area contributed by atoms with Gasteiger partial charge >= 0.3 is 0 Å². The normalized spacial score (nSPS) is 17.1. The van der Waals surface area contributed by atoms with Crippen molar-refractivity contribution in [1.82, 2.24) is 9.88 Å². The summed E-state index contributed by atoms with van der Waals surface area (Å²) in [6.45, 7) is 2.84. The second kappa shape index (κ2) is 8.55. The predicted molar refractivity (Wildman–Crippen MR) is 130 cm³/mol. The maximum Gasteiger partial charge on any atom is 0.260 e. The zero-order chi connectivity index (χ0) is 22.1. The minimum Gasteiger partial charge on any atom is -0.354 e. The molecule has 3 aromatic carbocycles. The second-order valence-corrected chi connectivity index (χ2v) is 8.97. The molecule has 1 amide bonds. The lowest BCUT2D eigenvalue weighted by Gasteiger charge is -2.12. The number of aryl methyl sites for hydroxylation is 1. The maximum atomic E-state index is 14.0. The Morgan fingerprint density at radius 3 is 2.75 bits per heavy atom. The minimum atomic E-state index is -0.425. The lowest BCUT2D eigenvalue weighted by Crippen LogP contribution is -2.31. The molecule has 0 radical (unpaired) electrons. The summed E-state index contributed by atoms with van der Waals surface area (Å²) in [6, 6.07) is 23.1. The van der Waals surface area contributed by atoms with Crippen LogP contribution in [0.3, 0.4) is 0 Å². The molecule has 1 saturated heterocycles. The van der Waals surface area contributed by atoms with Crippen LogP contribution in [0.4, 0.5) is 10.1 Å². The summed E-state index contributed by atoms with van der Waals surface area (Å²) in [5, 5.41) is 7.01. The van der Waals surface area contributed by atoms with Crippen LogP contribution < -0.4 is 10.6 Å². The minimum absolute atomic E-state index is 0.167. The van der Waals surface area contributed by atoms with E-state index in [1.165, 1.54) is 29.0 Å². The van der Waals surface area contributed by atoms with E-state index in [9.17, 15) is 9.18 Å². The topological polar surface area (TPSA) is 46.1 Å². The molecular formula is C26H22FN3OS. The Hall–Kier alpha value is -3.51. The van der Waals surface area contributed by atoms with Crippen LogP contribution >= 0.6 is 11.8 Å². The molecule has 160 valence electrons. The van der Waals surface area contributed by atoms with Crippen molar-refractivity contribution in [3.63, 3.8) is 0 Å². The predicted octanol–water partition coefficient (Wildman–Crippen LogP) is 5.74. The van der Waals surface area contributed by atoms with Crippen molar-refractivity contribution >= 4 is 40.3 Å². The standard InChI is InChI=1S/C26H22FN3OS/c1-17-7-6-8-18(13-17)15-30-16-19(20-9-2-5-12-23(20)30)14-24-25(31)29-26(32-24)28-22-11-4-3-10-21(22)27/h2-14,16,26,28H,15H2,1H3,(H,29,31)/b24-14-. The first-order chi connectivity index (χ1) is 15.6. The molecule has 5 rings (SSSR count). The summed E-state index contributed by atoms with van der Waals surface area (Å²) in [5.41, 5.74) is 4.50. The van der Waals surface area contributed by atoms with Gasteiger partial charge in [0.25, 0.3) is 5.91 Å². The van der Waals surface area contributed by atoms with Crippen LogP contribution in [0.25, 0.3) is 17.0 Å². The summed E-state index contributed by atoms with van der Waals surface area (Å²) >= 11 is 1.35. The van der Waals surface area contributed by atoms with Crippen molar-refractivity contribution in [2.24, 2.45) is 0 Å². The highest BCUT2D eigenvalue weighted by atomic mass is 32.2. The number of para-hydroxylation sites is 2. The molecule has 0 aliphatic carbocycles. The first kappa shape index (κ1) is 20.4. The number of carbonyl (C=O) groups is 1. The summed E-state index contributed by atoms with van der Waals surface area (Å²) in [5.74, 6) is -0.515. The Labute approximate surface area is 190 Å².